The first kappa shape index (κ1) is 14.3. The zero-order valence-electron chi connectivity index (χ0n) is 12.6. The van der Waals surface area contributed by atoms with Gasteiger partial charge < -0.3 is 9.80 Å². The molecule has 0 aliphatic carbocycles. The number of piperidine rings is 1. The monoisotopic (exact) mass is 294 g/mol. The molecule has 1 fully saturated rings. The fraction of sp³-hybridized carbons (Fsp3) is 0.375. The van der Waals surface area contributed by atoms with Crippen molar-refractivity contribution in [2.24, 2.45) is 0 Å². The first-order valence-electron chi connectivity index (χ1n) is 7.40. The molecule has 1 aliphatic heterocycles. The smallest absolute Gasteiger partial charge is 0.151 e. The largest absolute Gasteiger partial charge is 0.354 e. The third-order valence-corrected chi connectivity index (χ3v) is 4.07. The number of anilines is 2. The van der Waals surface area contributed by atoms with Crippen LogP contribution in [0.25, 0.3) is 0 Å². The van der Waals surface area contributed by atoms with E-state index in [9.17, 15) is 5.26 Å². The molecule has 6 nitrogen and oxygen atoms in total. The second-order valence-electron chi connectivity index (χ2n) is 5.42. The van der Waals surface area contributed by atoms with Gasteiger partial charge in [0.2, 0.25) is 0 Å². The van der Waals surface area contributed by atoms with Crippen LogP contribution in [0.2, 0.25) is 0 Å². The Labute approximate surface area is 130 Å². The fourth-order valence-corrected chi connectivity index (χ4v) is 2.88. The Morgan fingerprint density at radius 2 is 2.18 bits per heavy atom. The Bertz CT molecular complexity index is 666. The summed E-state index contributed by atoms with van der Waals surface area (Å²) in [5.74, 6) is 1.65. The molecule has 0 spiro atoms. The van der Waals surface area contributed by atoms with Crippen LogP contribution < -0.4 is 9.80 Å². The van der Waals surface area contributed by atoms with Gasteiger partial charge in [0.25, 0.3) is 0 Å². The highest BCUT2D eigenvalue weighted by molar-refractivity contribution is 5.54. The molecule has 0 amide bonds. The second kappa shape index (κ2) is 6.39. The lowest BCUT2D eigenvalue weighted by molar-refractivity contribution is 0.482. The topological polar surface area (TPSA) is 68.9 Å². The molecular weight excluding hydrogens is 276 g/mol. The molecule has 112 valence electrons. The van der Waals surface area contributed by atoms with Crippen LogP contribution >= 0.6 is 0 Å². The maximum Gasteiger partial charge on any atom is 0.151 e. The average Bonchev–Trinajstić information content (AvgIpc) is 2.62. The predicted octanol–water partition coefficient (Wildman–Crippen LogP) is 1.85. The van der Waals surface area contributed by atoms with Gasteiger partial charge in [0.15, 0.2) is 5.82 Å². The molecule has 1 saturated heterocycles. The molecule has 2 aromatic rings. The molecule has 1 atom stereocenters. The van der Waals surface area contributed by atoms with Crippen LogP contribution in [0.15, 0.2) is 36.7 Å². The van der Waals surface area contributed by atoms with Crippen LogP contribution in [-0.2, 0) is 0 Å². The highest BCUT2D eigenvalue weighted by Gasteiger charge is 2.26. The van der Waals surface area contributed by atoms with Gasteiger partial charge in [-0.1, -0.05) is 0 Å². The summed E-state index contributed by atoms with van der Waals surface area (Å²) in [6.07, 6.45) is 5.58. The summed E-state index contributed by atoms with van der Waals surface area (Å²) >= 11 is 0. The Morgan fingerprint density at radius 1 is 1.32 bits per heavy atom. The molecule has 3 heterocycles. The third kappa shape index (κ3) is 2.84. The lowest BCUT2D eigenvalue weighted by Gasteiger charge is -2.38. The van der Waals surface area contributed by atoms with E-state index in [0.717, 1.165) is 37.6 Å². The lowest BCUT2D eigenvalue weighted by Crippen LogP contribution is -2.47. The first-order valence-corrected chi connectivity index (χ1v) is 7.40. The van der Waals surface area contributed by atoms with E-state index in [0.29, 0.717) is 11.6 Å². The third-order valence-electron chi connectivity index (χ3n) is 4.07. The summed E-state index contributed by atoms with van der Waals surface area (Å²) in [6, 6.07) is 10.0. The fourth-order valence-electron chi connectivity index (χ4n) is 2.88. The van der Waals surface area contributed by atoms with E-state index in [1.165, 1.54) is 0 Å². The summed E-state index contributed by atoms with van der Waals surface area (Å²) in [5, 5.41) is 17.4. The van der Waals surface area contributed by atoms with Crippen LogP contribution in [0.5, 0.6) is 0 Å². The van der Waals surface area contributed by atoms with Crippen LogP contribution in [0.1, 0.15) is 18.4 Å². The number of likely N-dealkylation sites (N-methyl/N-ethyl adjacent to an activating group) is 1. The van der Waals surface area contributed by atoms with E-state index in [4.69, 9.17) is 0 Å². The maximum absolute atomic E-state index is 9.25. The van der Waals surface area contributed by atoms with Crippen molar-refractivity contribution in [1.82, 2.24) is 15.2 Å². The van der Waals surface area contributed by atoms with Gasteiger partial charge in [0.1, 0.15) is 11.9 Å². The average molecular weight is 294 g/mol. The summed E-state index contributed by atoms with van der Waals surface area (Å²) in [5.41, 5.74) is 0.613. The minimum absolute atomic E-state index is 0.303. The number of hydrogen-bond acceptors (Lipinski definition) is 6. The van der Waals surface area contributed by atoms with Crippen LogP contribution in [0.3, 0.4) is 0 Å². The van der Waals surface area contributed by atoms with Crippen molar-refractivity contribution in [1.29, 1.82) is 5.26 Å². The standard InChI is InChI=1S/C16H18N6/c1-21(16-13(11-17)5-2-8-18-16)14-6-4-10-22(12-14)15-7-3-9-19-20-15/h2-3,5,7-9,14H,4,6,10,12H2,1H3. The van der Waals surface area contributed by atoms with E-state index >= 15 is 0 Å². The molecule has 22 heavy (non-hydrogen) atoms. The zero-order chi connectivity index (χ0) is 15.4. The number of pyridine rings is 1. The maximum atomic E-state index is 9.25. The highest BCUT2D eigenvalue weighted by Crippen LogP contribution is 2.24. The zero-order valence-corrected chi connectivity index (χ0v) is 12.6. The Balaban J connectivity index is 1.79. The molecule has 3 rings (SSSR count). The summed E-state index contributed by atoms with van der Waals surface area (Å²) in [6.45, 7) is 1.84. The number of nitriles is 1. The van der Waals surface area contributed by atoms with Gasteiger partial charge in [-0.25, -0.2) is 4.98 Å². The normalized spacial score (nSPS) is 17.8. The Morgan fingerprint density at radius 3 is 2.95 bits per heavy atom. The van der Waals surface area contributed by atoms with Crippen LogP contribution in [-0.4, -0.2) is 41.4 Å². The highest BCUT2D eigenvalue weighted by atomic mass is 15.3. The first-order chi connectivity index (χ1) is 10.8. The van der Waals surface area contributed by atoms with Gasteiger partial charge in [-0.05, 0) is 37.1 Å². The van der Waals surface area contributed by atoms with Crippen molar-refractivity contribution in [3.8, 4) is 6.07 Å². The van der Waals surface area contributed by atoms with E-state index in [1.807, 2.05) is 25.2 Å². The molecule has 1 aliphatic rings. The van der Waals surface area contributed by atoms with E-state index < -0.39 is 0 Å². The molecule has 6 heteroatoms. The molecule has 0 radical (unpaired) electrons. The van der Waals surface area contributed by atoms with Crippen LogP contribution in [0, 0.1) is 11.3 Å². The van der Waals surface area contributed by atoms with E-state index in [1.54, 1.807) is 18.5 Å². The van der Waals surface area contributed by atoms with Crippen molar-refractivity contribution in [2.75, 3.05) is 29.9 Å². The van der Waals surface area contributed by atoms with Gasteiger partial charge >= 0.3 is 0 Å². The summed E-state index contributed by atoms with van der Waals surface area (Å²) in [7, 11) is 2.01. The van der Waals surface area contributed by atoms with E-state index in [-0.39, 0.29) is 0 Å². The number of aromatic nitrogens is 3. The number of hydrogen-bond donors (Lipinski definition) is 0. The minimum Gasteiger partial charge on any atom is -0.354 e. The van der Waals surface area contributed by atoms with Crippen LogP contribution in [0.4, 0.5) is 11.6 Å². The van der Waals surface area contributed by atoms with Crippen molar-refractivity contribution in [3.05, 3.63) is 42.2 Å². The van der Waals surface area contributed by atoms with Gasteiger partial charge in [-0.2, -0.15) is 10.4 Å². The Hall–Kier alpha value is -2.68. The van der Waals surface area contributed by atoms with Crippen molar-refractivity contribution in [2.45, 2.75) is 18.9 Å². The van der Waals surface area contributed by atoms with Crippen molar-refractivity contribution < 1.29 is 0 Å². The molecule has 0 bridgehead atoms. The van der Waals surface area contributed by atoms with E-state index in [2.05, 4.69) is 31.1 Å². The molecule has 1 unspecified atom stereocenters. The molecule has 0 N–H and O–H groups in total. The van der Waals surface area contributed by atoms with Gasteiger partial charge in [0, 0.05) is 38.6 Å². The minimum atomic E-state index is 0.303. The summed E-state index contributed by atoms with van der Waals surface area (Å²) in [4.78, 5) is 8.73. The second-order valence-corrected chi connectivity index (χ2v) is 5.42. The lowest BCUT2D eigenvalue weighted by atomic mass is 10.0. The molecular formula is C16H18N6. The molecule has 0 saturated carbocycles. The quantitative estimate of drug-likeness (QED) is 0.860. The summed E-state index contributed by atoms with van der Waals surface area (Å²) < 4.78 is 0. The van der Waals surface area contributed by atoms with Gasteiger partial charge in [0.05, 0.1) is 5.56 Å². The Kier molecular flexibility index (Phi) is 4.15. The van der Waals surface area contributed by atoms with Gasteiger partial charge in [-0.15, -0.1) is 5.10 Å². The molecule has 0 aromatic carbocycles. The van der Waals surface area contributed by atoms with Crippen molar-refractivity contribution >= 4 is 11.6 Å². The number of rotatable bonds is 3. The SMILES string of the molecule is CN(c1ncccc1C#N)C1CCCN(c2cccnn2)C1. The van der Waals surface area contributed by atoms with Crippen molar-refractivity contribution in [3.63, 3.8) is 0 Å². The number of nitrogens with zero attached hydrogens (tertiary/aromatic N) is 6. The predicted molar refractivity (Wildman–Crippen MR) is 84.6 cm³/mol. The van der Waals surface area contributed by atoms with Gasteiger partial charge in [-0.3, -0.25) is 0 Å². The molecule has 2 aromatic heterocycles.